The highest BCUT2D eigenvalue weighted by Gasteiger charge is 2.06. The van der Waals surface area contributed by atoms with Crippen molar-refractivity contribution in [1.82, 2.24) is 4.98 Å². The van der Waals surface area contributed by atoms with Crippen molar-refractivity contribution in [2.45, 2.75) is 33.2 Å². The molecule has 0 spiro atoms. The minimum atomic E-state index is 0.308. The van der Waals surface area contributed by atoms with Gasteiger partial charge >= 0.3 is 0 Å². The summed E-state index contributed by atoms with van der Waals surface area (Å²) in [5.41, 5.74) is 4.35. The maximum absolute atomic E-state index is 9.26. The number of hydrogen-bond acceptors (Lipinski definition) is 3. The van der Waals surface area contributed by atoms with E-state index in [1.54, 1.807) is 12.1 Å². The molecule has 1 atom stereocenters. The molecule has 0 aliphatic carbocycles. The van der Waals surface area contributed by atoms with Crippen LogP contribution in [-0.4, -0.2) is 16.1 Å². The molecule has 0 aliphatic heterocycles. The van der Waals surface area contributed by atoms with Gasteiger partial charge < -0.3 is 10.4 Å². The zero-order chi connectivity index (χ0) is 13.8. The van der Waals surface area contributed by atoms with Crippen LogP contribution < -0.4 is 5.32 Å². The third kappa shape index (κ3) is 3.71. The highest BCUT2D eigenvalue weighted by atomic mass is 16.3. The Hall–Kier alpha value is -2.03. The van der Waals surface area contributed by atoms with Gasteiger partial charge in [-0.1, -0.05) is 12.1 Å². The average molecular weight is 256 g/mol. The normalized spacial score (nSPS) is 12.2. The van der Waals surface area contributed by atoms with E-state index < -0.39 is 0 Å². The molecule has 0 amide bonds. The Kier molecular flexibility index (Phi) is 4.05. The predicted octanol–water partition coefficient (Wildman–Crippen LogP) is 3.45. The quantitative estimate of drug-likeness (QED) is 0.880. The first-order valence-electron chi connectivity index (χ1n) is 6.53. The smallest absolute Gasteiger partial charge is 0.115 e. The van der Waals surface area contributed by atoms with Crippen LogP contribution in [0.5, 0.6) is 5.75 Å². The minimum absolute atomic E-state index is 0.308. The second kappa shape index (κ2) is 5.74. The number of pyridine rings is 1. The number of rotatable bonds is 4. The molecule has 0 saturated heterocycles. The molecule has 19 heavy (non-hydrogen) atoms. The SMILES string of the molecule is Cc1ccc(NC(C)Cc2ccc(O)cc2)c(C)n1. The van der Waals surface area contributed by atoms with E-state index in [2.05, 4.69) is 23.3 Å². The van der Waals surface area contributed by atoms with Gasteiger partial charge in [-0.05, 0) is 57.0 Å². The van der Waals surface area contributed by atoms with E-state index >= 15 is 0 Å². The summed E-state index contributed by atoms with van der Waals surface area (Å²) < 4.78 is 0. The summed E-state index contributed by atoms with van der Waals surface area (Å²) in [6.07, 6.45) is 0.910. The highest BCUT2D eigenvalue weighted by molar-refractivity contribution is 5.48. The summed E-state index contributed by atoms with van der Waals surface area (Å²) in [4.78, 5) is 4.45. The number of nitrogens with one attached hydrogen (secondary N) is 1. The van der Waals surface area contributed by atoms with E-state index in [0.717, 1.165) is 23.5 Å². The lowest BCUT2D eigenvalue weighted by atomic mass is 10.1. The van der Waals surface area contributed by atoms with Crippen LogP contribution >= 0.6 is 0 Å². The first-order valence-corrected chi connectivity index (χ1v) is 6.53. The molecular weight excluding hydrogens is 236 g/mol. The molecule has 0 aliphatic rings. The number of phenolic OH excluding ortho intramolecular Hbond substituents is 1. The molecule has 2 aromatic rings. The summed E-state index contributed by atoms with van der Waals surface area (Å²) >= 11 is 0. The molecule has 1 unspecified atom stereocenters. The van der Waals surface area contributed by atoms with Gasteiger partial charge in [-0.3, -0.25) is 4.98 Å². The summed E-state index contributed by atoms with van der Waals surface area (Å²) in [5, 5.41) is 12.7. The zero-order valence-electron chi connectivity index (χ0n) is 11.6. The number of phenols is 1. The van der Waals surface area contributed by atoms with E-state index in [1.165, 1.54) is 5.56 Å². The lowest BCUT2D eigenvalue weighted by Crippen LogP contribution is -2.19. The van der Waals surface area contributed by atoms with Crippen LogP contribution in [0.1, 0.15) is 23.9 Å². The number of anilines is 1. The van der Waals surface area contributed by atoms with Crippen molar-refractivity contribution in [1.29, 1.82) is 0 Å². The lowest BCUT2D eigenvalue weighted by molar-refractivity contribution is 0.475. The lowest BCUT2D eigenvalue weighted by Gasteiger charge is -2.17. The molecule has 2 rings (SSSR count). The zero-order valence-corrected chi connectivity index (χ0v) is 11.6. The van der Waals surface area contributed by atoms with Crippen molar-refractivity contribution in [3.63, 3.8) is 0 Å². The summed E-state index contributed by atoms with van der Waals surface area (Å²) in [6.45, 7) is 6.16. The second-order valence-electron chi connectivity index (χ2n) is 5.00. The van der Waals surface area contributed by atoms with Crippen molar-refractivity contribution in [2.75, 3.05) is 5.32 Å². The van der Waals surface area contributed by atoms with Crippen molar-refractivity contribution in [3.05, 3.63) is 53.3 Å². The van der Waals surface area contributed by atoms with Crippen LogP contribution in [0.4, 0.5) is 5.69 Å². The van der Waals surface area contributed by atoms with Gasteiger partial charge in [0.25, 0.3) is 0 Å². The van der Waals surface area contributed by atoms with E-state index in [9.17, 15) is 5.11 Å². The fourth-order valence-corrected chi connectivity index (χ4v) is 2.14. The van der Waals surface area contributed by atoms with Gasteiger partial charge in [-0.15, -0.1) is 0 Å². The number of benzene rings is 1. The van der Waals surface area contributed by atoms with Crippen LogP contribution in [0.2, 0.25) is 0 Å². The van der Waals surface area contributed by atoms with Gasteiger partial charge in [0.2, 0.25) is 0 Å². The minimum Gasteiger partial charge on any atom is -0.508 e. The number of aromatic nitrogens is 1. The van der Waals surface area contributed by atoms with Gasteiger partial charge in [0.1, 0.15) is 5.75 Å². The molecule has 0 fully saturated rings. The molecule has 1 aromatic heterocycles. The Labute approximate surface area is 114 Å². The Morgan fingerprint density at radius 2 is 1.79 bits per heavy atom. The summed E-state index contributed by atoms with van der Waals surface area (Å²) in [7, 11) is 0. The molecule has 100 valence electrons. The van der Waals surface area contributed by atoms with E-state index in [4.69, 9.17) is 0 Å². The first kappa shape index (κ1) is 13.4. The molecule has 0 radical (unpaired) electrons. The third-order valence-electron chi connectivity index (χ3n) is 3.11. The Balaban J connectivity index is 2.01. The number of aryl methyl sites for hydroxylation is 2. The van der Waals surface area contributed by atoms with Crippen molar-refractivity contribution in [3.8, 4) is 5.75 Å². The monoisotopic (exact) mass is 256 g/mol. The van der Waals surface area contributed by atoms with Gasteiger partial charge in [-0.25, -0.2) is 0 Å². The Bertz CT molecular complexity index is 549. The molecule has 3 heteroatoms. The van der Waals surface area contributed by atoms with E-state index in [1.807, 2.05) is 32.0 Å². The van der Waals surface area contributed by atoms with Crippen LogP contribution in [0, 0.1) is 13.8 Å². The standard InChI is InChI=1S/C16H20N2O/c1-11-4-9-16(13(3)17-11)18-12(2)10-14-5-7-15(19)8-6-14/h4-9,12,18-19H,10H2,1-3H3. The number of hydrogen-bond donors (Lipinski definition) is 2. The Morgan fingerprint density at radius 3 is 2.42 bits per heavy atom. The maximum atomic E-state index is 9.26. The molecular formula is C16H20N2O. The van der Waals surface area contributed by atoms with Gasteiger partial charge in [0.15, 0.2) is 0 Å². The second-order valence-corrected chi connectivity index (χ2v) is 5.00. The fraction of sp³-hybridized carbons (Fsp3) is 0.312. The van der Waals surface area contributed by atoms with Crippen LogP contribution in [0.15, 0.2) is 36.4 Å². The fourth-order valence-electron chi connectivity index (χ4n) is 2.14. The number of aromatic hydroxyl groups is 1. The van der Waals surface area contributed by atoms with Gasteiger partial charge in [0.05, 0.1) is 11.4 Å². The molecule has 2 N–H and O–H groups in total. The van der Waals surface area contributed by atoms with Gasteiger partial charge in [-0.2, -0.15) is 0 Å². The van der Waals surface area contributed by atoms with Crippen molar-refractivity contribution < 1.29 is 5.11 Å². The van der Waals surface area contributed by atoms with Crippen LogP contribution in [0.3, 0.4) is 0 Å². The van der Waals surface area contributed by atoms with E-state index in [-0.39, 0.29) is 0 Å². The maximum Gasteiger partial charge on any atom is 0.115 e. The molecule has 1 aromatic carbocycles. The van der Waals surface area contributed by atoms with Crippen LogP contribution in [-0.2, 0) is 6.42 Å². The third-order valence-corrected chi connectivity index (χ3v) is 3.11. The topological polar surface area (TPSA) is 45.1 Å². The van der Waals surface area contributed by atoms with Crippen molar-refractivity contribution in [2.24, 2.45) is 0 Å². The predicted molar refractivity (Wildman–Crippen MR) is 78.6 cm³/mol. The van der Waals surface area contributed by atoms with Crippen molar-refractivity contribution >= 4 is 5.69 Å². The van der Waals surface area contributed by atoms with E-state index in [0.29, 0.717) is 11.8 Å². The highest BCUT2D eigenvalue weighted by Crippen LogP contribution is 2.16. The summed E-state index contributed by atoms with van der Waals surface area (Å²) in [5.74, 6) is 0.308. The average Bonchev–Trinajstić information content (AvgIpc) is 2.36. The largest absolute Gasteiger partial charge is 0.508 e. The summed E-state index contributed by atoms with van der Waals surface area (Å²) in [6, 6.07) is 11.8. The molecule has 3 nitrogen and oxygen atoms in total. The molecule has 0 saturated carbocycles. The van der Waals surface area contributed by atoms with Gasteiger partial charge in [0, 0.05) is 11.7 Å². The molecule has 0 bridgehead atoms. The first-order chi connectivity index (χ1) is 9.04. The molecule has 1 heterocycles. The Morgan fingerprint density at radius 1 is 1.11 bits per heavy atom. The van der Waals surface area contributed by atoms with Crippen LogP contribution in [0.25, 0.3) is 0 Å². The number of nitrogens with zero attached hydrogens (tertiary/aromatic N) is 1.